The molecule has 0 atom stereocenters. The Bertz CT molecular complexity index is 520. The Morgan fingerprint density at radius 3 is 2.94 bits per heavy atom. The van der Waals surface area contributed by atoms with E-state index in [0.717, 1.165) is 20.7 Å². The molecule has 1 heterocycles. The van der Waals surface area contributed by atoms with Crippen molar-refractivity contribution < 1.29 is 9.53 Å². The maximum Gasteiger partial charge on any atom is 0.210 e. The molecule has 1 aromatic heterocycles. The van der Waals surface area contributed by atoms with Crippen LogP contribution in [0.2, 0.25) is 0 Å². The van der Waals surface area contributed by atoms with Gasteiger partial charge in [-0.05, 0) is 36.1 Å². The fraction of sp³-hybridized carbons (Fsp3) is 0.154. The van der Waals surface area contributed by atoms with Crippen LogP contribution < -0.4 is 4.74 Å². The number of carbonyl (C=O) groups is 1. The maximum absolute atomic E-state index is 11.7. The topological polar surface area (TPSA) is 26.3 Å². The standard InChI is InChI=1S/C13H11BrO2S/c1-9-4-5-10(14)7-12(9)16-8-11(15)13-3-2-6-17-13/h2-7H,8H2,1H3. The summed E-state index contributed by atoms with van der Waals surface area (Å²) in [5.74, 6) is 0.753. The van der Waals surface area contributed by atoms with Crippen molar-refractivity contribution in [3.8, 4) is 5.75 Å². The second kappa shape index (κ2) is 5.47. The van der Waals surface area contributed by atoms with E-state index in [0.29, 0.717) is 0 Å². The smallest absolute Gasteiger partial charge is 0.210 e. The van der Waals surface area contributed by atoms with E-state index in [2.05, 4.69) is 15.9 Å². The molecule has 0 saturated heterocycles. The Morgan fingerprint density at radius 1 is 1.41 bits per heavy atom. The van der Waals surface area contributed by atoms with Crippen LogP contribution in [0.4, 0.5) is 0 Å². The summed E-state index contributed by atoms with van der Waals surface area (Å²) in [5, 5.41) is 1.89. The summed E-state index contributed by atoms with van der Waals surface area (Å²) in [7, 11) is 0. The molecule has 0 unspecified atom stereocenters. The van der Waals surface area contributed by atoms with Crippen molar-refractivity contribution in [2.45, 2.75) is 6.92 Å². The summed E-state index contributed by atoms with van der Waals surface area (Å²) in [4.78, 5) is 12.5. The van der Waals surface area contributed by atoms with Crippen LogP contribution in [0.1, 0.15) is 15.2 Å². The molecular weight excluding hydrogens is 300 g/mol. The van der Waals surface area contributed by atoms with E-state index in [-0.39, 0.29) is 12.4 Å². The number of carbonyl (C=O) groups excluding carboxylic acids is 1. The molecule has 4 heteroatoms. The Hall–Kier alpha value is -1.13. The van der Waals surface area contributed by atoms with Crippen LogP contribution in [0.25, 0.3) is 0 Å². The van der Waals surface area contributed by atoms with E-state index in [1.54, 1.807) is 0 Å². The minimum Gasteiger partial charge on any atom is -0.485 e. The highest BCUT2D eigenvalue weighted by atomic mass is 79.9. The Balaban J connectivity index is 2.03. The second-order valence-corrected chi connectivity index (χ2v) is 5.46. The van der Waals surface area contributed by atoms with E-state index in [1.807, 2.05) is 42.6 Å². The van der Waals surface area contributed by atoms with E-state index >= 15 is 0 Å². The third kappa shape index (κ3) is 3.17. The van der Waals surface area contributed by atoms with E-state index < -0.39 is 0 Å². The average Bonchev–Trinajstić information content (AvgIpc) is 2.83. The molecule has 0 N–H and O–H groups in total. The molecule has 0 spiro atoms. The number of halogens is 1. The molecule has 2 aromatic rings. The van der Waals surface area contributed by atoms with Crippen LogP contribution in [0.3, 0.4) is 0 Å². The van der Waals surface area contributed by atoms with Gasteiger partial charge in [-0.3, -0.25) is 4.79 Å². The highest BCUT2D eigenvalue weighted by molar-refractivity contribution is 9.10. The average molecular weight is 311 g/mol. The van der Waals surface area contributed by atoms with Crippen LogP contribution in [-0.2, 0) is 0 Å². The maximum atomic E-state index is 11.7. The van der Waals surface area contributed by atoms with Crippen LogP contribution in [0.5, 0.6) is 5.75 Å². The highest BCUT2D eigenvalue weighted by Gasteiger charge is 2.08. The van der Waals surface area contributed by atoms with Crippen LogP contribution in [-0.4, -0.2) is 12.4 Å². The zero-order valence-corrected chi connectivity index (χ0v) is 11.7. The first-order valence-corrected chi connectivity index (χ1v) is 6.80. The summed E-state index contributed by atoms with van der Waals surface area (Å²) in [6.45, 7) is 2.04. The summed E-state index contributed by atoms with van der Waals surface area (Å²) in [5.41, 5.74) is 1.02. The fourth-order valence-electron chi connectivity index (χ4n) is 1.38. The fourth-order valence-corrected chi connectivity index (χ4v) is 2.37. The number of ether oxygens (including phenoxy) is 1. The van der Waals surface area contributed by atoms with Crippen LogP contribution in [0, 0.1) is 6.92 Å². The van der Waals surface area contributed by atoms with E-state index in [4.69, 9.17) is 4.74 Å². The normalized spacial score (nSPS) is 10.2. The second-order valence-electron chi connectivity index (χ2n) is 3.60. The van der Waals surface area contributed by atoms with Gasteiger partial charge in [0.15, 0.2) is 6.61 Å². The van der Waals surface area contributed by atoms with E-state index in [1.165, 1.54) is 11.3 Å². The largest absolute Gasteiger partial charge is 0.485 e. The quantitative estimate of drug-likeness (QED) is 0.795. The number of hydrogen-bond donors (Lipinski definition) is 0. The van der Waals surface area contributed by atoms with Gasteiger partial charge in [-0.2, -0.15) is 0 Å². The minimum atomic E-state index is 0.0133. The van der Waals surface area contributed by atoms with Gasteiger partial charge in [0.25, 0.3) is 0 Å². The molecule has 17 heavy (non-hydrogen) atoms. The Labute approximate surface area is 112 Å². The zero-order valence-electron chi connectivity index (χ0n) is 9.27. The summed E-state index contributed by atoms with van der Waals surface area (Å²) < 4.78 is 6.48. The van der Waals surface area contributed by atoms with Crippen molar-refractivity contribution in [2.75, 3.05) is 6.61 Å². The molecule has 0 aliphatic rings. The lowest BCUT2D eigenvalue weighted by Gasteiger charge is -2.08. The Morgan fingerprint density at radius 2 is 2.24 bits per heavy atom. The molecular formula is C13H11BrO2S. The number of hydrogen-bond acceptors (Lipinski definition) is 3. The van der Waals surface area contributed by atoms with Crippen molar-refractivity contribution in [1.29, 1.82) is 0 Å². The minimum absolute atomic E-state index is 0.0133. The summed E-state index contributed by atoms with van der Waals surface area (Å²) >= 11 is 4.81. The lowest BCUT2D eigenvalue weighted by Crippen LogP contribution is -2.10. The number of ketones is 1. The van der Waals surface area contributed by atoms with Crippen molar-refractivity contribution >= 4 is 33.0 Å². The lowest BCUT2D eigenvalue weighted by molar-refractivity contribution is 0.0925. The zero-order chi connectivity index (χ0) is 12.3. The highest BCUT2D eigenvalue weighted by Crippen LogP contribution is 2.23. The number of rotatable bonds is 4. The molecule has 2 nitrogen and oxygen atoms in total. The third-order valence-electron chi connectivity index (χ3n) is 2.30. The first-order chi connectivity index (χ1) is 8.16. The predicted octanol–water partition coefficient (Wildman–Crippen LogP) is 4.08. The monoisotopic (exact) mass is 310 g/mol. The van der Waals surface area contributed by atoms with Gasteiger partial charge in [-0.25, -0.2) is 0 Å². The van der Waals surface area contributed by atoms with Gasteiger partial charge >= 0.3 is 0 Å². The van der Waals surface area contributed by atoms with E-state index in [9.17, 15) is 4.79 Å². The molecule has 0 amide bonds. The predicted molar refractivity (Wildman–Crippen MR) is 73.0 cm³/mol. The molecule has 1 aromatic carbocycles. The van der Waals surface area contributed by atoms with Crippen molar-refractivity contribution in [1.82, 2.24) is 0 Å². The third-order valence-corrected chi connectivity index (χ3v) is 3.71. The number of aryl methyl sites for hydroxylation is 1. The summed E-state index contributed by atoms with van der Waals surface area (Å²) in [6.07, 6.45) is 0. The van der Waals surface area contributed by atoms with Gasteiger partial charge < -0.3 is 4.74 Å². The Kier molecular flexibility index (Phi) is 3.97. The molecule has 0 aliphatic heterocycles. The molecule has 0 bridgehead atoms. The number of benzene rings is 1. The molecule has 0 fully saturated rings. The van der Waals surface area contributed by atoms with Gasteiger partial charge in [-0.1, -0.05) is 28.1 Å². The van der Waals surface area contributed by atoms with Crippen LogP contribution in [0.15, 0.2) is 40.2 Å². The van der Waals surface area contributed by atoms with Gasteiger partial charge in [0.2, 0.25) is 5.78 Å². The first kappa shape index (κ1) is 12.3. The lowest BCUT2D eigenvalue weighted by atomic mass is 10.2. The van der Waals surface area contributed by atoms with Gasteiger partial charge in [-0.15, -0.1) is 11.3 Å². The number of thiophene rings is 1. The molecule has 0 aliphatic carbocycles. The van der Waals surface area contributed by atoms with Gasteiger partial charge in [0.1, 0.15) is 5.75 Å². The molecule has 0 saturated carbocycles. The van der Waals surface area contributed by atoms with Gasteiger partial charge in [0.05, 0.1) is 4.88 Å². The van der Waals surface area contributed by atoms with Crippen molar-refractivity contribution in [2.24, 2.45) is 0 Å². The van der Waals surface area contributed by atoms with Crippen LogP contribution >= 0.6 is 27.3 Å². The number of Topliss-reactive ketones (excluding diaryl/α,β-unsaturated/α-hetero) is 1. The molecule has 88 valence electrons. The summed E-state index contributed by atoms with van der Waals surface area (Å²) in [6, 6.07) is 9.45. The SMILES string of the molecule is Cc1ccc(Br)cc1OCC(=O)c1cccs1. The first-order valence-electron chi connectivity index (χ1n) is 5.12. The molecule has 2 rings (SSSR count). The van der Waals surface area contributed by atoms with Crippen molar-refractivity contribution in [3.63, 3.8) is 0 Å². The van der Waals surface area contributed by atoms with Crippen molar-refractivity contribution in [3.05, 3.63) is 50.6 Å². The molecule has 0 radical (unpaired) electrons. The van der Waals surface area contributed by atoms with Gasteiger partial charge in [0, 0.05) is 4.47 Å².